The first kappa shape index (κ1) is 32.1. The molecule has 0 bridgehead atoms. The lowest BCUT2D eigenvalue weighted by atomic mass is 9.97. The third-order valence-electron chi connectivity index (χ3n) is 6.44. The number of pyridine rings is 2. The molecule has 4 nitrogen and oxygen atoms in total. The maximum Gasteiger partial charge on any atom is 0.106 e. The van der Waals surface area contributed by atoms with Crippen LogP contribution in [0.4, 0.5) is 0 Å². The Morgan fingerprint density at radius 3 is 1.53 bits per heavy atom. The molecule has 208 valence electrons. The topological polar surface area (TPSA) is 32.3 Å². The van der Waals surface area contributed by atoms with E-state index in [9.17, 15) is 0 Å². The van der Waals surface area contributed by atoms with Crippen LogP contribution in [0.2, 0.25) is 0 Å². The molecule has 0 fully saturated rings. The van der Waals surface area contributed by atoms with E-state index in [4.69, 9.17) is 4.98 Å². The van der Waals surface area contributed by atoms with Crippen molar-refractivity contribution in [2.75, 3.05) is 26.2 Å². The summed E-state index contributed by atoms with van der Waals surface area (Å²) in [6, 6.07) is 17.0. The van der Waals surface area contributed by atoms with Crippen molar-refractivity contribution in [3.8, 4) is 11.3 Å². The predicted octanol–water partition coefficient (Wildman–Crippen LogP) is 8.76. The van der Waals surface area contributed by atoms with E-state index in [2.05, 4.69) is 116 Å². The highest BCUT2D eigenvalue weighted by Crippen LogP contribution is 2.27. The van der Waals surface area contributed by atoms with Gasteiger partial charge in [0.2, 0.25) is 0 Å². The van der Waals surface area contributed by atoms with Gasteiger partial charge >= 0.3 is 0 Å². The smallest absolute Gasteiger partial charge is 0.106 e. The monoisotopic (exact) mass is 580 g/mol. The third-order valence-corrected chi connectivity index (χ3v) is 6.88. The summed E-state index contributed by atoms with van der Waals surface area (Å²) in [5.74, 6) is 0. The van der Waals surface area contributed by atoms with Gasteiger partial charge in [0.25, 0.3) is 0 Å². The van der Waals surface area contributed by atoms with Gasteiger partial charge in [-0.15, -0.1) is 0 Å². The maximum atomic E-state index is 4.96. The van der Waals surface area contributed by atoms with Gasteiger partial charge in [0, 0.05) is 18.7 Å². The first-order chi connectivity index (χ1) is 18.3. The Labute approximate surface area is 241 Å². The number of hydrogen-bond acceptors (Lipinski definition) is 4. The van der Waals surface area contributed by atoms with Gasteiger partial charge in [0.15, 0.2) is 0 Å². The first-order valence-corrected chi connectivity index (χ1v) is 15.2. The summed E-state index contributed by atoms with van der Waals surface area (Å²) in [7, 11) is 0. The van der Waals surface area contributed by atoms with Crippen molar-refractivity contribution >= 4 is 15.9 Å². The van der Waals surface area contributed by atoms with Crippen LogP contribution in [0.1, 0.15) is 81.5 Å². The van der Waals surface area contributed by atoms with Crippen LogP contribution in [-0.2, 0) is 13.1 Å². The molecule has 0 saturated heterocycles. The van der Waals surface area contributed by atoms with Gasteiger partial charge in [0.1, 0.15) is 4.60 Å². The lowest BCUT2D eigenvalue weighted by Gasteiger charge is -2.21. The van der Waals surface area contributed by atoms with Crippen molar-refractivity contribution in [3.63, 3.8) is 0 Å². The first-order valence-electron chi connectivity index (χ1n) is 14.4. The summed E-state index contributed by atoms with van der Waals surface area (Å²) in [6.45, 7) is 21.9. The molecule has 0 aliphatic rings. The molecule has 3 aromatic rings. The number of rotatable bonds is 13. The van der Waals surface area contributed by atoms with Gasteiger partial charge in [-0.25, -0.2) is 4.98 Å². The number of nitrogens with zero attached hydrogens (tertiary/aromatic N) is 4. The molecule has 0 radical (unpaired) electrons. The zero-order valence-corrected chi connectivity index (χ0v) is 26.4. The summed E-state index contributed by atoms with van der Waals surface area (Å²) in [5, 5.41) is 0. The van der Waals surface area contributed by atoms with Crippen molar-refractivity contribution in [1.29, 1.82) is 0 Å². The van der Waals surface area contributed by atoms with E-state index in [0.29, 0.717) is 0 Å². The van der Waals surface area contributed by atoms with Crippen molar-refractivity contribution in [3.05, 3.63) is 81.2 Å². The highest BCUT2D eigenvalue weighted by Gasteiger charge is 2.11. The quantitative estimate of drug-likeness (QED) is 0.189. The predicted molar refractivity (Wildman–Crippen MR) is 168 cm³/mol. The molecule has 0 aliphatic carbocycles. The standard InChI is InChI=1S/C21H30N2.C12H19BrN2/c1-6-11-23(12-7-2)15-19-9-8-10-20(22-19)21-17(4)13-16(3)14-18(21)5;1-3-8-15(9-4-2)10-11-6-5-7-12(13)14-11/h8-10,13-14H,6-7,11-12,15H2,1-5H3;5-7H,3-4,8-10H2,1-2H3. The second-order valence-corrected chi connectivity index (χ2v) is 11.1. The maximum absolute atomic E-state index is 4.96. The number of hydrogen-bond donors (Lipinski definition) is 0. The van der Waals surface area contributed by atoms with Gasteiger partial charge < -0.3 is 0 Å². The van der Waals surface area contributed by atoms with Crippen molar-refractivity contribution in [2.24, 2.45) is 0 Å². The van der Waals surface area contributed by atoms with E-state index < -0.39 is 0 Å². The van der Waals surface area contributed by atoms with Crippen molar-refractivity contribution in [2.45, 2.75) is 87.2 Å². The van der Waals surface area contributed by atoms with Crippen LogP contribution in [0, 0.1) is 20.8 Å². The minimum Gasteiger partial charge on any atom is -0.298 e. The molecule has 0 unspecified atom stereocenters. The molecule has 0 saturated carbocycles. The van der Waals surface area contributed by atoms with Crippen LogP contribution >= 0.6 is 15.9 Å². The normalized spacial score (nSPS) is 11.1. The van der Waals surface area contributed by atoms with E-state index in [0.717, 1.165) is 55.3 Å². The van der Waals surface area contributed by atoms with Crippen LogP contribution in [-0.4, -0.2) is 45.9 Å². The second-order valence-electron chi connectivity index (χ2n) is 10.3. The molecule has 0 aliphatic heterocycles. The molecule has 1 aromatic carbocycles. The Hall–Kier alpha value is -2.08. The molecule has 2 heterocycles. The van der Waals surface area contributed by atoms with Gasteiger partial charge in [-0.2, -0.15) is 0 Å². The third kappa shape index (κ3) is 11.0. The average molecular weight is 582 g/mol. The molecule has 5 heteroatoms. The molecule has 0 spiro atoms. The zero-order valence-electron chi connectivity index (χ0n) is 24.9. The molecular formula is C33H49BrN4. The second kappa shape index (κ2) is 17.5. The van der Waals surface area contributed by atoms with Gasteiger partial charge in [-0.1, -0.05) is 57.5 Å². The number of aryl methyl sites for hydroxylation is 3. The van der Waals surface area contributed by atoms with E-state index in [1.54, 1.807) is 0 Å². The molecule has 0 amide bonds. The summed E-state index contributed by atoms with van der Waals surface area (Å²) < 4.78 is 0.924. The fraction of sp³-hybridized carbons (Fsp3) is 0.515. The van der Waals surface area contributed by atoms with Crippen molar-refractivity contribution < 1.29 is 0 Å². The van der Waals surface area contributed by atoms with Crippen LogP contribution in [0.5, 0.6) is 0 Å². The highest BCUT2D eigenvalue weighted by atomic mass is 79.9. The highest BCUT2D eigenvalue weighted by molar-refractivity contribution is 9.10. The number of benzene rings is 1. The Morgan fingerprint density at radius 1 is 0.632 bits per heavy atom. The molecule has 0 N–H and O–H groups in total. The van der Waals surface area contributed by atoms with E-state index in [-0.39, 0.29) is 0 Å². The Balaban J connectivity index is 0.000000293. The minimum atomic E-state index is 0.924. The lowest BCUT2D eigenvalue weighted by Crippen LogP contribution is -2.25. The Bertz CT molecular complexity index is 1060. The summed E-state index contributed by atoms with van der Waals surface area (Å²) >= 11 is 3.40. The Kier molecular flexibility index (Phi) is 14.8. The molecule has 2 aromatic heterocycles. The largest absolute Gasteiger partial charge is 0.298 e. The summed E-state index contributed by atoms with van der Waals surface area (Å²) in [5.41, 5.74) is 8.64. The number of aromatic nitrogens is 2. The summed E-state index contributed by atoms with van der Waals surface area (Å²) in [6.07, 6.45) is 4.79. The Morgan fingerprint density at radius 2 is 1.08 bits per heavy atom. The lowest BCUT2D eigenvalue weighted by molar-refractivity contribution is 0.263. The van der Waals surface area contributed by atoms with Crippen LogP contribution in [0.25, 0.3) is 11.3 Å². The molecule has 3 rings (SSSR count). The van der Waals surface area contributed by atoms with Gasteiger partial charge in [-0.05, 0) is 124 Å². The fourth-order valence-electron chi connectivity index (χ4n) is 5.09. The van der Waals surface area contributed by atoms with E-state index in [1.807, 2.05) is 12.1 Å². The van der Waals surface area contributed by atoms with Crippen LogP contribution < -0.4 is 0 Å². The average Bonchev–Trinajstić information content (AvgIpc) is 2.85. The zero-order chi connectivity index (χ0) is 27.9. The molecule has 0 atom stereocenters. The van der Waals surface area contributed by atoms with Crippen molar-refractivity contribution in [1.82, 2.24) is 19.8 Å². The van der Waals surface area contributed by atoms with E-state index in [1.165, 1.54) is 53.6 Å². The van der Waals surface area contributed by atoms with Gasteiger partial charge in [0.05, 0.1) is 17.1 Å². The van der Waals surface area contributed by atoms with Gasteiger partial charge in [-0.3, -0.25) is 14.8 Å². The number of halogens is 1. The minimum absolute atomic E-state index is 0.924. The van der Waals surface area contributed by atoms with Crippen LogP contribution in [0.15, 0.2) is 53.1 Å². The molecular weight excluding hydrogens is 532 g/mol. The molecule has 38 heavy (non-hydrogen) atoms. The summed E-state index contributed by atoms with van der Waals surface area (Å²) in [4.78, 5) is 14.4. The van der Waals surface area contributed by atoms with E-state index >= 15 is 0 Å². The SMILES string of the molecule is CCCN(CCC)Cc1cccc(-c2c(C)cc(C)cc2C)n1.CCCN(CCC)Cc1cccc(Br)n1. The van der Waals surface area contributed by atoms with Crippen LogP contribution in [0.3, 0.4) is 0 Å². The fourth-order valence-corrected chi connectivity index (χ4v) is 5.47.